The van der Waals surface area contributed by atoms with E-state index >= 15 is 0 Å². The highest BCUT2D eigenvalue weighted by Gasteiger charge is 2.49. The maximum absolute atomic E-state index is 13.1. The van der Waals surface area contributed by atoms with Gasteiger partial charge in [0.2, 0.25) is 0 Å². The predicted molar refractivity (Wildman–Crippen MR) is 115 cm³/mol. The van der Waals surface area contributed by atoms with Crippen molar-refractivity contribution in [2.75, 3.05) is 14.2 Å². The highest BCUT2D eigenvalue weighted by Crippen LogP contribution is 2.36. The Hall–Kier alpha value is -1.06. The van der Waals surface area contributed by atoms with Gasteiger partial charge in [-0.25, -0.2) is 0 Å². The number of hydrogen-bond donors (Lipinski definition) is 3. The molecule has 1 fully saturated rings. The number of carbonyl (C=O) groups excluding carboxylic acids is 2. The highest BCUT2D eigenvalue weighted by molar-refractivity contribution is 5.83. The zero-order valence-electron chi connectivity index (χ0n) is 20.4. The predicted octanol–water partition coefficient (Wildman–Crippen LogP) is 1.72. The number of aliphatic hydroxyl groups is 3. The molecule has 0 aliphatic carbocycles. The van der Waals surface area contributed by atoms with Crippen LogP contribution in [-0.4, -0.2) is 76.9 Å². The molecule has 8 nitrogen and oxygen atoms in total. The van der Waals surface area contributed by atoms with Gasteiger partial charge in [0, 0.05) is 32.0 Å². The van der Waals surface area contributed by atoms with Crippen molar-refractivity contribution < 1.29 is 39.1 Å². The van der Waals surface area contributed by atoms with E-state index in [1.165, 1.54) is 21.1 Å². The lowest BCUT2D eigenvalue weighted by atomic mass is 9.74. The summed E-state index contributed by atoms with van der Waals surface area (Å²) in [5, 5.41) is 32.9. The molecule has 0 aromatic rings. The Balaban J connectivity index is 3.53. The number of rotatable bonds is 3. The minimum atomic E-state index is -1.85. The number of esters is 1. The van der Waals surface area contributed by atoms with E-state index in [-0.39, 0.29) is 18.6 Å². The van der Waals surface area contributed by atoms with E-state index < -0.39 is 65.3 Å². The van der Waals surface area contributed by atoms with E-state index in [9.17, 15) is 24.9 Å². The average Bonchev–Trinajstić information content (AvgIpc) is 2.73. The molecule has 0 spiro atoms. The Labute approximate surface area is 186 Å². The van der Waals surface area contributed by atoms with E-state index in [4.69, 9.17) is 14.2 Å². The second-order valence-electron chi connectivity index (χ2n) is 9.61. The molecule has 0 aromatic carbocycles. The summed E-state index contributed by atoms with van der Waals surface area (Å²) in [5.74, 6) is -3.79. The fourth-order valence-electron chi connectivity index (χ4n) is 4.98. The van der Waals surface area contributed by atoms with Crippen molar-refractivity contribution in [3.8, 4) is 0 Å². The molecule has 0 aromatic heterocycles. The maximum atomic E-state index is 13.1. The zero-order chi connectivity index (χ0) is 24.3. The average molecular weight is 447 g/mol. The molecule has 3 N–H and O–H groups in total. The summed E-state index contributed by atoms with van der Waals surface area (Å²) in [6, 6.07) is 0. The van der Waals surface area contributed by atoms with Crippen LogP contribution in [0.1, 0.15) is 61.3 Å². The van der Waals surface area contributed by atoms with Gasteiger partial charge in [0.05, 0.1) is 29.8 Å². The Bertz CT molecular complexity index is 621. The number of ketones is 1. The van der Waals surface area contributed by atoms with Gasteiger partial charge in [0.1, 0.15) is 17.5 Å². The van der Waals surface area contributed by atoms with Gasteiger partial charge in [-0.15, -0.1) is 0 Å². The van der Waals surface area contributed by atoms with E-state index in [1.807, 2.05) is 0 Å². The van der Waals surface area contributed by atoms with Crippen molar-refractivity contribution in [2.24, 2.45) is 23.7 Å². The Morgan fingerprint density at radius 2 is 1.61 bits per heavy atom. The summed E-state index contributed by atoms with van der Waals surface area (Å²) < 4.78 is 17.0. The molecule has 1 rings (SSSR count). The van der Waals surface area contributed by atoms with Crippen LogP contribution < -0.4 is 0 Å². The van der Waals surface area contributed by atoms with Crippen molar-refractivity contribution in [3.05, 3.63) is 0 Å². The number of aliphatic hydroxyl groups excluding tert-OH is 2. The van der Waals surface area contributed by atoms with E-state index in [2.05, 4.69) is 0 Å². The number of hydrogen-bond acceptors (Lipinski definition) is 8. The lowest BCUT2D eigenvalue weighted by molar-refractivity contribution is -0.198. The first-order valence-electron chi connectivity index (χ1n) is 11.1. The highest BCUT2D eigenvalue weighted by atomic mass is 16.6. The second-order valence-corrected chi connectivity index (χ2v) is 9.61. The summed E-state index contributed by atoms with van der Waals surface area (Å²) in [6.07, 6.45) is -3.73. The zero-order valence-corrected chi connectivity index (χ0v) is 20.4. The first-order valence-corrected chi connectivity index (χ1v) is 11.1. The molecule has 0 bridgehead atoms. The molecule has 0 radical (unpaired) electrons. The van der Waals surface area contributed by atoms with Gasteiger partial charge < -0.3 is 29.5 Å². The standard InChI is InChI=1S/C23H42O8/c1-10-16-23(7,28)19(26)13(3)17(24)12(2)11-22(6,30-9)20(29-8)14(4)18(25)15(5)21(27)31-16/h12-16,18-20,25-26,28H,10-11H2,1-9H3/t12-,13+,14+,15-,16-,18+,19-,20-,22-,23-/m1/s1. The Morgan fingerprint density at radius 3 is 2.06 bits per heavy atom. The summed E-state index contributed by atoms with van der Waals surface area (Å²) >= 11 is 0. The molecule has 0 saturated carbocycles. The van der Waals surface area contributed by atoms with Crippen LogP contribution in [0.4, 0.5) is 0 Å². The van der Waals surface area contributed by atoms with Crippen molar-refractivity contribution in [2.45, 2.75) is 96.9 Å². The van der Waals surface area contributed by atoms with E-state index in [0.29, 0.717) is 0 Å². The number of ether oxygens (including phenoxy) is 3. The van der Waals surface area contributed by atoms with Crippen molar-refractivity contribution >= 4 is 11.8 Å². The smallest absolute Gasteiger partial charge is 0.311 e. The first-order chi connectivity index (χ1) is 14.2. The molecule has 1 saturated heterocycles. The van der Waals surface area contributed by atoms with Crippen LogP contribution in [0.2, 0.25) is 0 Å². The number of Topliss-reactive ketones (excluding diaryl/α,β-unsaturated/α-hetero) is 1. The molecule has 1 heterocycles. The lowest BCUT2D eigenvalue weighted by Crippen LogP contribution is -2.57. The SMILES string of the molecule is CC[C@H]1OC(=O)[C@H](C)[C@@H](O)[C@H](C)[C@@H](OC)[C@](C)(OC)C[C@@H](C)C(=O)[C@H](C)[C@@H](O)[C@]1(C)O. The molecular weight excluding hydrogens is 404 g/mol. The Kier molecular flexibility index (Phi) is 9.66. The second kappa shape index (κ2) is 10.7. The third-order valence-electron chi connectivity index (χ3n) is 7.22. The van der Waals surface area contributed by atoms with Crippen LogP contribution in [-0.2, 0) is 23.8 Å². The minimum Gasteiger partial charge on any atom is -0.459 e. The van der Waals surface area contributed by atoms with Crippen LogP contribution in [0, 0.1) is 23.7 Å². The molecule has 10 atom stereocenters. The number of methoxy groups -OCH3 is 2. The fraction of sp³-hybridized carbons (Fsp3) is 0.913. The molecule has 0 amide bonds. The third-order valence-corrected chi connectivity index (χ3v) is 7.22. The number of cyclic esters (lactones) is 1. The van der Waals surface area contributed by atoms with Crippen LogP contribution in [0.25, 0.3) is 0 Å². The monoisotopic (exact) mass is 446 g/mol. The van der Waals surface area contributed by atoms with Gasteiger partial charge in [-0.2, -0.15) is 0 Å². The van der Waals surface area contributed by atoms with Crippen molar-refractivity contribution in [3.63, 3.8) is 0 Å². The number of carbonyl (C=O) groups is 2. The van der Waals surface area contributed by atoms with Crippen LogP contribution in [0.15, 0.2) is 0 Å². The molecule has 1 aliphatic heterocycles. The van der Waals surface area contributed by atoms with Gasteiger partial charge in [-0.05, 0) is 33.6 Å². The van der Waals surface area contributed by atoms with Gasteiger partial charge in [0.25, 0.3) is 0 Å². The molecule has 1 aliphatic rings. The third kappa shape index (κ3) is 5.66. The molecular formula is C23H42O8. The quantitative estimate of drug-likeness (QED) is 0.560. The van der Waals surface area contributed by atoms with Crippen molar-refractivity contribution in [1.29, 1.82) is 0 Å². The Morgan fingerprint density at radius 1 is 1.06 bits per heavy atom. The molecule has 0 unspecified atom stereocenters. The van der Waals surface area contributed by atoms with Gasteiger partial charge >= 0.3 is 5.97 Å². The summed E-state index contributed by atoms with van der Waals surface area (Å²) in [6.45, 7) is 11.5. The lowest BCUT2D eigenvalue weighted by Gasteiger charge is -2.44. The molecule has 182 valence electrons. The van der Waals surface area contributed by atoms with E-state index in [0.717, 1.165) is 0 Å². The van der Waals surface area contributed by atoms with E-state index in [1.54, 1.807) is 41.5 Å². The van der Waals surface area contributed by atoms with Crippen LogP contribution >= 0.6 is 0 Å². The van der Waals surface area contributed by atoms with Gasteiger partial charge in [-0.3, -0.25) is 9.59 Å². The molecule has 8 heteroatoms. The summed E-state index contributed by atoms with van der Waals surface area (Å²) in [4.78, 5) is 26.0. The summed E-state index contributed by atoms with van der Waals surface area (Å²) in [7, 11) is 3.01. The van der Waals surface area contributed by atoms with Crippen LogP contribution in [0.5, 0.6) is 0 Å². The summed E-state index contributed by atoms with van der Waals surface area (Å²) in [5.41, 5.74) is -2.80. The largest absolute Gasteiger partial charge is 0.459 e. The fourth-order valence-corrected chi connectivity index (χ4v) is 4.98. The van der Waals surface area contributed by atoms with Gasteiger partial charge in [0.15, 0.2) is 0 Å². The minimum absolute atomic E-state index is 0.229. The van der Waals surface area contributed by atoms with Crippen molar-refractivity contribution in [1.82, 2.24) is 0 Å². The van der Waals surface area contributed by atoms with Gasteiger partial charge in [-0.1, -0.05) is 27.7 Å². The van der Waals surface area contributed by atoms with Crippen LogP contribution in [0.3, 0.4) is 0 Å². The molecule has 31 heavy (non-hydrogen) atoms. The maximum Gasteiger partial charge on any atom is 0.311 e. The normalized spacial score (nSPS) is 46.3. The first kappa shape index (κ1) is 28.0. The topological polar surface area (TPSA) is 123 Å².